The fraction of sp³-hybridized carbons (Fsp3) is 0.381. The monoisotopic (exact) mass is 400 g/mol. The third-order valence-corrected chi connectivity index (χ3v) is 4.79. The summed E-state index contributed by atoms with van der Waals surface area (Å²) in [5.74, 6) is 1.69. The van der Waals surface area contributed by atoms with Crippen LogP contribution in [0.25, 0.3) is 22.5 Å². The minimum atomic E-state index is 0. The molecule has 0 spiro atoms. The van der Waals surface area contributed by atoms with Gasteiger partial charge < -0.3 is 14.1 Å². The molecule has 4 rings (SSSR count). The van der Waals surface area contributed by atoms with E-state index in [1.165, 1.54) is 0 Å². The minimum absolute atomic E-state index is 0. The maximum absolute atomic E-state index is 5.85. The van der Waals surface area contributed by atoms with Gasteiger partial charge in [-0.2, -0.15) is 0 Å². The molecule has 3 aromatic rings. The molecule has 6 nitrogen and oxygen atoms in total. The number of furan rings is 1. The van der Waals surface area contributed by atoms with Gasteiger partial charge in [0.25, 0.3) is 0 Å². The SMILES string of the molecule is Cc1cc(-c2ncc(N3C[C@@H](C)O[C@@H](C)C3)nc2-c2ccoc2C)ccn1.Cl. The number of pyridine rings is 1. The van der Waals surface area contributed by atoms with E-state index < -0.39 is 0 Å². The highest BCUT2D eigenvalue weighted by molar-refractivity contribution is 5.85. The van der Waals surface area contributed by atoms with Crippen molar-refractivity contribution in [3.8, 4) is 22.5 Å². The number of ether oxygens (including phenoxy) is 1. The van der Waals surface area contributed by atoms with Crippen molar-refractivity contribution in [2.75, 3.05) is 18.0 Å². The van der Waals surface area contributed by atoms with Crippen LogP contribution in [0.15, 0.2) is 41.3 Å². The Bertz CT molecular complexity index is 949. The zero-order chi connectivity index (χ0) is 19.0. The van der Waals surface area contributed by atoms with Crippen molar-refractivity contribution in [3.63, 3.8) is 0 Å². The molecule has 0 aliphatic carbocycles. The number of hydrogen-bond donors (Lipinski definition) is 0. The first-order chi connectivity index (χ1) is 13.0. The maximum atomic E-state index is 5.85. The molecule has 0 bridgehead atoms. The van der Waals surface area contributed by atoms with E-state index in [0.29, 0.717) is 0 Å². The standard InChI is InChI=1S/C21H24N4O2.ClH/c1-13-9-17(5-7-22-13)20-21(18-6-8-26-16(18)4)24-19(10-23-20)25-11-14(2)27-15(3)12-25;/h5-10,14-15H,11-12H2,1-4H3;1H/t14-,15+;. The third-order valence-electron chi connectivity index (χ3n) is 4.79. The first-order valence-electron chi connectivity index (χ1n) is 9.26. The quantitative estimate of drug-likeness (QED) is 0.647. The topological polar surface area (TPSA) is 64.3 Å². The van der Waals surface area contributed by atoms with Crippen LogP contribution in [-0.2, 0) is 4.74 Å². The molecule has 3 aromatic heterocycles. The summed E-state index contributed by atoms with van der Waals surface area (Å²) < 4.78 is 11.4. The van der Waals surface area contributed by atoms with Gasteiger partial charge >= 0.3 is 0 Å². The van der Waals surface area contributed by atoms with E-state index in [2.05, 4.69) is 23.7 Å². The third kappa shape index (κ3) is 4.03. The summed E-state index contributed by atoms with van der Waals surface area (Å²) in [5.41, 5.74) is 4.58. The molecule has 1 saturated heterocycles. The molecule has 0 radical (unpaired) electrons. The summed E-state index contributed by atoms with van der Waals surface area (Å²) >= 11 is 0. The summed E-state index contributed by atoms with van der Waals surface area (Å²) in [6.07, 6.45) is 5.68. The average molecular weight is 401 g/mol. The number of anilines is 1. The molecule has 0 unspecified atom stereocenters. The van der Waals surface area contributed by atoms with E-state index in [9.17, 15) is 0 Å². The molecular weight excluding hydrogens is 376 g/mol. The molecular formula is C21H25ClN4O2. The van der Waals surface area contributed by atoms with Crippen molar-refractivity contribution in [2.24, 2.45) is 0 Å². The Balaban J connectivity index is 0.00000225. The zero-order valence-electron chi connectivity index (χ0n) is 16.5. The Morgan fingerprint density at radius 2 is 1.79 bits per heavy atom. The normalized spacial score (nSPS) is 19.4. The van der Waals surface area contributed by atoms with Gasteiger partial charge in [0.05, 0.1) is 30.4 Å². The zero-order valence-corrected chi connectivity index (χ0v) is 17.4. The smallest absolute Gasteiger partial charge is 0.148 e. The number of aryl methyl sites for hydroxylation is 2. The molecule has 4 heterocycles. The highest BCUT2D eigenvalue weighted by Crippen LogP contribution is 2.33. The Kier molecular flexibility index (Phi) is 6.01. The van der Waals surface area contributed by atoms with Gasteiger partial charge in [-0.1, -0.05) is 0 Å². The lowest BCUT2D eigenvalue weighted by molar-refractivity contribution is -0.00547. The van der Waals surface area contributed by atoms with E-state index in [4.69, 9.17) is 19.1 Å². The predicted molar refractivity (Wildman–Crippen MR) is 112 cm³/mol. The number of nitrogens with zero attached hydrogens (tertiary/aromatic N) is 4. The molecule has 2 atom stereocenters. The Morgan fingerprint density at radius 3 is 2.43 bits per heavy atom. The van der Waals surface area contributed by atoms with Crippen LogP contribution < -0.4 is 4.90 Å². The Morgan fingerprint density at radius 1 is 1.04 bits per heavy atom. The second kappa shape index (κ2) is 8.29. The summed E-state index contributed by atoms with van der Waals surface area (Å²) in [6, 6.07) is 5.95. The average Bonchev–Trinajstić information content (AvgIpc) is 3.06. The summed E-state index contributed by atoms with van der Waals surface area (Å²) in [6.45, 7) is 9.71. The second-order valence-electron chi connectivity index (χ2n) is 7.16. The number of aromatic nitrogens is 3. The van der Waals surface area contributed by atoms with E-state index in [-0.39, 0.29) is 24.6 Å². The van der Waals surface area contributed by atoms with E-state index in [1.54, 1.807) is 12.5 Å². The molecule has 0 saturated carbocycles. The molecule has 28 heavy (non-hydrogen) atoms. The second-order valence-corrected chi connectivity index (χ2v) is 7.16. The number of rotatable bonds is 3. The summed E-state index contributed by atoms with van der Waals surface area (Å²) in [5, 5.41) is 0. The van der Waals surface area contributed by atoms with Gasteiger partial charge in [-0.25, -0.2) is 4.98 Å². The molecule has 1 aliphatic heterocycles. The lowest BCUT2D eigenvalue weighted by Crippen LogP contribution is -2.45. The van der Waals surface area contributed by atoms with Gasteiger partial charge in [0, 0.05) is 36.1 Å². The van der Waals surface area contributed by atoms with Crippen LogP contribution >= 0.6 is 12.4 Å². The highest BCUT2D eigenvalue weighted by Gasteiger charge is 2.25. The van der Waals surface area contributed by atoms with Crippen molar-refractivity contribution >= 4 is 18.2 Å². The van der Waals surface area contributed by atoms with Crippen LogP contribution in [-0.4, -0.2) is 40.2 Å². The van der Waals surface area contributed by atoms with Crippen molar-refractivity contribution in [1.82, 2.24) is 15.0 Å². The van der Waals surface area contributed by atoms with Crippen molar-refractivity contribution in [2.45, 2.75) is 39.9 Å². The molecule has 0 N–H and O–H groups in total. The van der Waals surface area contributed by atoms with Crippen LogP contribution in [0.2, 0.25) is 0 Å². The van der Waals surface area contributed by atoms with Crippen LogP contribution in [0, 0.1) is 13.8 Å². The number of halogens is 1. The van der Waals surface area contributed by atoms with Gasteiger partial charge in [0.1, 0.15) is 17.3 Å². The van der Waals surface area contributed by atoms with Crippen molar-refractivity contribution < 1.29 is 9.15 Å². The van der Waals surface area contributed by atoms with E-state index in [0.717, 1.165) is 52.9 Å². The largest absolute Gasteiger partial charge is 0.469 e. The fourth-order valence-corrected chi connectivity index (χ4v) is 3.62. The first-order valence-corrected chi connectivity index (χ1v) is 9.26. The van der Waals surface area contributed by atoms with Crippen molar-refractivity contribution in [1.29, 1.82) is 0 Å². The number of hydrogen-bond acceptors (Lipinski definition) is 6. The fourth-order valence-electron chi connectivity index (χ4n) is 3.62. The van der Waals surface area contributed by atoms with Gasteiger partial charge in [0.2, 0.25) is 0 Å². The molecule has 0 aromatic carbocycles. The molecule has 148 valence electrons. The van der Waals surface area contributed by atoms with Gasteiger partial charge in [-0.05, 0) is 45.9 Å². The Hall–Kier alpha value is -2.44. The van der Waals surface area contributed by atoms with Crippen molar-refractivity contribution in [3.05, 3.63) is 48.3 Å². The summed E-state index contributed by atoms with van der Waals surface area (Å²) in [4.78, 5) is 16.3. The van der Waals surface area contributed by atoms with Gasteiger partial charge in [0.15, 0.2) is 0 Å². The molecule has 1 aliphatic rings. The molecule has 0 amide bonds. The molecule has 7 heteroatoms. The van der Waals surface area contributed by atoms with Crippen LogP contribution in [0.3, 0.4) is 0 Å². The number of morpholine rings is 1. The van der Waals surface area contributed by atoms with E-state index in [1.807, 2.05) is 38.2 Å². The van der Waals surface area contributed by atoms with Crippen LogP contribution in [0.5, 0.6) is 0 Å². The molecule has 1 fully saturated rings. The highest BCUT2D eigenvalue weighted by atomic mass is 35.5. The van der Waals surface area contributed by atoms with Gasteiger partial charge in [-0.15, -0.1) is 12.4 Å². The lowest BCUT2D eigenvalue weighted by Gasteiger charge is -2.36. The Labute approximate surface area is 171 Å². The van der Waals surface area contributed by atoms with E-state index >= 15 is 0 Å². The summed E-state index contributed by atoms with van der Waals surface area (Å²) in [7, 11) is 0. The lowest BCUT2D eigenvalue weighted by atomic mass is 10.0. The van der Waals surface area contributed by atoms with Crippen LogP contribution in [0.1, 0.15) is 25.3 Å². The minimum Gasteiger partial charge on any atom is -0.469 e. The first kappa shape index (κ1) is 20.3. The maximum Gasteiger partial charge on any atom is 0.148 e. The predicted octanol–water partition coefficient (Wildman–Crippen LogP) is 4.45. The van der Waals surface area contributed by atoms with Gasteiger partial charge in [-0.3, -0.25) is 9.97 Å². The van der Waals surface area contributed by atoms with Crippen LogP contribution in [0.4, 0.5) is 5.82 Å².